The zero-order valence-electron chi connectivity index (χ0n) is 18.2. The van der Waals surface area contributed by atoms with Gasteiger partial charge in [-0.25, -0.2) is 4.57 Å². The van der Waals surface area contributed by atoms with E-state index >= 15 is 0 Å². The summed E-state index contributed by atoms with van der Waals surface area (Å²) >= 11 is 0. The van der Waals surface area contributed by atoms with Crippen molar-refractivity contribution in [1.82, 2.24) is 5.32 Å². The van der Waals surface area contributed by atoms with Gasteiger partial charge in [-0.3, -0.25) is 4.79 Å². The first-order chi connectivity index (χ1) is 14.2. The summed E-state index contributed by atoms with van der Waals surface area (Å²) in [7, 11) is -3.85. The molecule has 2 rings (SSSR count). The first-order valence-electron chi connectivity index (χ1n) is 10.4. The highest BCUT2D eigenvalue weighted by molar-refractivity contribution is 7.55. The van der Waals surface area contributed by atoms with E-state index in [4.69, 9.17) is 14.8 Å². The molecule has 3 N–H and O–H groups in total. The second-order valence-electron chi connectivity index (χ2n) is 7.91. The summed E-state index contributed by atoms with van der Waals surface area (Å²) in [6.07, 6.45) is 1.18. The summed E-state index contributed by atoms with van der Waals surface area (Å²) in [5, 5.41) is 2.87. The average molecular weight is 433 g/mol. The van der Waals surface area contributed by atoms with Crippen LogP contribution in [0.15, 0.2) is 60.7 Å². The van der Waals surface area contributed by atoms with Crippen LogP contribution in [-0.4, -0.2) is 17.7 Å². The number of nitrogens with two attached hydrogens (primary N) is 1. The minimum absolute atomic E-state index is 0.00540. The number of hydrogen-bond acceptors (Lipinski definition) is 5. The normalized spacial score (nSPS) is 14.6. The third-order valence-corrected chi connectivity index (χ3v) is 6.93. The van der Waals surface area contributed by atoms with Crippen LogP contribution in [0.2, 0.25) is 0 Å². The Kier molecular flexibility index (Phi) is 8.94. The maximum Gasteiger partial charge on any atom is 0.452 e. The number of nitrogens with one attached hydrogen (secondary N) is 1. The molecule has 0 aliphatic carbocycles. The van der Waals surface area contributed by atoms with Gasteiger partial charge < -0.3 is 20.1 Å². The van der Waals surface area contributed by atoms with Gasteiger partial charge in [-0.1, -0.05) is 70.5 Å². The first-order valence-corrected chi connectivity index (χ1v) is 12.0. The maximum atomic E-state index is 14.1. The van der Waals surface area contributed by atoms with Crippen molar-refractivity contribution < 1.29 is 18.4 Å². The fraction of sp³-hybridized carbons (Fsp3) is 0.435. The molecule has 0 heterocycles. The molecule has 0 aliphatic heterocycles. The Bertz CT molecular complexity index is 784. The number of para-hydroxylation sites is 2. The van der Waals surface area contributed by atoms with Crippen LogP contribution in [0.4, 0.5) is 0 Å². The maximum absolute atomic E-state index is 14.1. The van der Waals surface area contributed by atoms with Crippen LogP contribution in [0.3, 0.4) is 0 Å². The molecule has 0 aromatic heterocycles. The second-order valence-corrected chi connectivity index (χ2v) is 9.98. The Balaban J connectivity index is 2.38. The Morgan fingerprint density at radius 2 is 1.43 bits per heavy atom. The van der Waals surface area contributed by atoms with Crippen molar-refractivity contribution in [3.8, 4) is 11.5 Å². The van der Waals surface area contributed by atoms with Gasteiger partial charge in [-0.05, 0) is 42.5 Å². The van der Waals surface area contributed by atoms with Crippen LogP contribution in [0.5, 0.6) is 11.5 Å². The van der Waals surface area contributed by atoms with Gasteiger partial charge in [0.05, 0.1) is 6.04 Å². The molecular weight excluding hydrogens is 399 g/mol. The fourth-order valence-corrected chi connectivity index (χ4v) is 4.98. The summed E-state index contributed by atoms with van der Waals surface area (Å²) in [6.45, 7) is 7.87. The standard InChI is InChI=1S/C23H33N2O4P/c1-5-18(4)22(24)23(26)25-21(16-17(2)3)30(27,28-19-12-8-6-9-13-19)29-20-14-10-7-11-15-20/h6-15,17-18,21-22H,5,16,24H2,1-4H3,(H,25,26)/t18?,21?,22-/m0/s1. The SMILES string of the molecule is CCC(C)[C@H](N)C(=O)NC(CC(C)C)P(=O)(Oc1ccccc1)Oc1ccccc1. The van der Waals surface area contributed by atoms with Crippen LogP contribution >= 0.6 is 7.60 Å². The number of carbonyl (C=O) groups excluding carboxylic acids is 1. The lowest BCUT2D eigenvalue weighted by molar-refractivity contribution is -0.123. The predicted molar refractivity (Wildman–Crippen MR) is 121 cm³/mol. The molecule has 2 aromatic carbocycles. The Labute approximate surface area is 179 Å². The van der Waals surface area contributed by atoms with Gasteiger partial charge in [-0.15, -0.1) is 0 Å². The zero-order chi connectivity index (χ0) is 22.1. The van der Waals surface area contributed by atoms with Crippen LogP contribution in [0.1, 0.15) is 40.5 Å². The molecule has 2 unspecified atom stereocenters. The van der Waals surface area contributed by atoms with Gasteiger partial charge in [0.2, 0.25) is 5.91 Å². The van der Waals surface area contributed by atoms with E-state index in [-0.39, 0.29) is 17.7 Å². The minimum atomic E-state index is -3.85. The molecule has 30 heavy (non-hydrogen) atoms. The number of rotatable bonds is 11. The third kappa shape index (κ3) is 6.89. The summed E-state index contributed by atoms with van der Waals surface area (Å²) in [4.78, 5) is 12.8. The lowest BCUT2D eigenvalue weighted by Gasteiger charge is -2.30. The monoisotopic (exact) mass is 432 g/mol. The van der Waals surface area contributed by atoms with Gasteiger partial charge in [0.15, 0.2) is 5.78 Å². The van der Waals surface area contributed by atoms with Crippen LogP contribution < -0.4 is 20.1 Å². The van der Waals surface area contributed by atoms with E-state index in [1.807, 2.05) is 39.8 Å². The Morgan fingerprint density at radius 1 is 0.967 bits per heavy atom. The van der Waals surface area contributed by atoms with Gasteiger partial charge in [0.25, 0.3) is 0 Å². The van der Waals surface area contributed by atoms with Crippen molar-refractivity contribution in [3.05, 3.63) is 60.7 Å². The second kappa shape index (κ2) is 11.2. The van der Waals surface area contributed by atoms with E-state index < -0.39 is 19.4 Å². The van der Waals surface area contributed by atoms with E-state index in [0.717, 1.165) is 6.42 Å². The number of carbonyl (C=O) groups is 1. The fourth-order valence-electron chi connectivity index (χ4n) is 2.89. The van der Waals surface area contributed by atoms with Gasteiger partial charge in [0, 0.05) is 0 Å². The number of hydrogen-bond donors (Lipinski definition) is 2. The van der Waals surface area contributed by atoms with Crippen molar-refractivity contribution in [1.29, 1.82) is 0 Å². The highest BCUT2D eigenvalue weighted by atomic mass is 31.2. The van der Waals surface area contributed by atoms with Crippen molar-refractivity contribution in [2.75, 3.05) is 0 Å². The van der Waals surface area contributed by atoms with Gasteiger partial charge in [-0.2, -0.15) is 0 Å². The summed E-state index contributed by atoms with van der Waals surface area (Å²) < 4.78 is 25.9. The first kappa shape index (κ1) is 24.0. The Hall–Kier alpha value is -2.30. The molecule has 0 saturated heterocycles. The molecule has 3 atom stereocenters. The molecular formula is C23H33N2O4P. The van der Waals surface area contributed by atoms with Crippen LogP contribution in [-0.2, 0) is 9.36 Å². The molecule has 0 spiro atoms. The molecule has 1 amide bonds. The molecule has 0 radical (unpaired) electrons. The Morgan fingerprint density at radius 3 is 1.83 bits per heavy atom. The smallest absolute Gasteiger partial charge is 0.415 e. The predicted octanol–water partition coefficient (Wildman–Crippen LogP) is 5.20. The molecule has 0 saturated carbocycles. The average Bonchev–Trinajstić information content (AvgIpc) is 2.73. The molecule has 6 nitrogen and oxygen atoms in total. The van der Waals surface area contributed by atoms with E-state index in [1.54, 1.807) is 48.5 Å². The molecule has 0 aliphatic rings. The largest absolute Gasteiger partial charge is 0.452 e. The van der Waals surface area contributed by atoms with Crippen LogP contribution in [0.25, 0.3) is 0 Å². The third-order valence-electron chi connectivity index (χ3n) is 4.90. The molecule has 2 aromatic rings. The zero-order valence-corrected chi connectivity index (χ0v) is 19.0. The topological polar surface area (TPSA) is 90.7 Å². The van der Waals surface area contributed by atoms with E-state index in [9.17, 15) is 9.36 Å². The molecule has 0 fully saturated rings. The van der Waals surface area contributed by atoms with Crippen molar-refractivity contribution >= 4 is 13.5 Å². The van der Waals surface area contributed by atoms with E-state index in [2.05, 4.69) is 5.32 Å². The van der Waals surface area contributed by atoms with Gasteiger partial charge in [0.1, 0.15) is 11.5 Å². The lowest BCUT2D eigenvalue weighted by atomic mass is 9.99. The van der Waals surface area contributed by atoms with Crippen molar-refractivity contribution in [2.24, 2.45) is 17.6 Å². The number of benzene rings is 2. The van der Waals surface area contributed by atoms with Crippen molar-refractivity contribution in [2.45, 2.75) is 52.4 Å². The molecule has 7 heteroatoms. The quantitative estimate of drug-likeness (QED) is 0.476. The summed E-state index contributed by atoms with van der Waals surface area (Å²) in [5.74, 6) is -0.252. The van der Waals surface area contributed by atoms with Crippen LogP contribution in [0, 0.1) is 11.8 Å². The summed E-state index contributed by atoms with van der Waals surface area (Å²) in [5.41, 5.74) is 6.12. The molecule has 0 bridgehead atoms. The van der Waals surface area contributed by atoms with Gasteiger partial charge >= 0.3 is 7.60 Å². The lowest BCUT2D eigenvalue weighted by Crippen LogP contribution is -2.49. The van der Waals surface area contributed by atoms with E-state index in [0.29, 0.717) is 17.9 Å². The highest BCUT2D eigenvalue weighted by Gasteiger charge is 2.41. The number of amides is 1. The van der Waals surface area contributed by atoms with E-state index in [1.165, 1.54) is 0 Å². The highest BCUT2D eigenvalue weighted by Crippen LogP contribution is 2.53. The summed E-state index contributed by atoms with van der Waals surface area (Å²) in [6, 6.07) is 17.0. The minimum Gasteiger partial charge on any atom is -0.415 e. The van der Waals surface area contributed by atoms with Crippen molar-refractivity contribution in [3.63, 3.8) is 0 Å². The molecule has 164 valence electrons.